The molecule has 2 aromatic rings. The first-order valence-corrected chi connectivity index (χ1v) is 8.80. The molecule has 0 unspecified atom stereocenters. The summed E-state index contributed by atoms with van der Waals surface area (Å²) in [7, 11) is 1.69. The molecule has 3 rings (SSSR count). The summed E-state index contributed by atoms with van der Waals surface area (Å²) in [5.74, 6) is 1.06. The van der Waals surface area contributed by atoms with Crippen LogP contribution in [0, 0.1) is 0 Å². The van der Waals surface area contributed by atoms with Crippen LogP contribution in [-0.2, 0) is 11.3 Å². The van der Waals surface area contributed by atoms with Crippen molar-refractivity contribution in [1.82, 2.24) is 14.7 Å². The summed E-state index contributed by atoms with van der Waals surface area (Å²) in [6.45, 7) is 3.72. The molecule has 0 radical (unpaired) electrons. The van der Waals surface area contributed by atoms with Crippen molar-refractivity contribution in [3.05, 3.63) is 41.1 Å². The molecule has 1 aromatic heterocycles. The van der Waals surface area contributed by atoms with Crippen LogP contribution in [0.25, 0.3) is 0 Å². The lowest BCUT2D eigenvalue weighted by Gasteiger charge is -2.36. The van der Waals surface area contributed by atoms with Gasteiger partial charge in [0.05, 0.1) is 23.5 Å². The van der Waals surface area contributed by atoms with Crippen LogP contribution < -0.4 is 9.64 Å². The van der Waals surface area contributed by atoms with Crippen LogP contribution in [0.15, 0.2) is 41.1 Å². The van der Waals surface area contributed by atoms with E-state index in [0.29, 0.717) is 13.0 Å². The highest BCUT2D eigenvalue weighted by molar-refractivity contribution is 9.10. The summed E-state index contributed by atoms with van der Waals surface area (Å²) < 4.78 is 8.14. The normalized spacial score (nSPS) is 14.8. The van der Waals surface area contributed by atoms with Crippen LogP contribution >= 0.6 is 15.9 Å². The van der Waals surface area contributed by atoms with Gasteiger partial charge in [-0.15, -0.1) is 0 Å². The van der Waals surface area contributed by atoms with Gasteiger partial charge in [0.1, 0.15) is 5.75 Å². The molecule has 1 saturated heterocycles. The minimum Gasteiger partial charge on any atom is -0.495 e. The van der Waals surface area contributed by atoms with Gasteiger partial charge in [0.15, 0.2) is 0 Å². The molecule has 0 aliphatic carbocycles. The molecule has 1 aliphatic heterocycles. The number of benzene rings is 1. The second-order valence-corrected chi connectivity index (χ2v) is 6.63. The van der Waals surface area contributed by atoms with E-state index in [1.165, 1.54) is 0 Å². The predicted molar refractivity (Wildman–Crippen MR) is 96.3 cm³/mol. The number of hydrogen-bond acceptors (Lipinski definition) is 4. The molecule has 0 saturated carbocycles. The van der Waals surface area contributed by atoms with Crippen LogP contribution in [0.2, 0.25) is 0 Å². The van der Waals surface area contributed by atoms with E-state index in [1.54, 1.807) is 18.0 Å². The van der Waals surface area contributed by atoms with Crippen LogP contribution in [0.1, 0.15) is 6.42 Å². The lowest BCUT2D eigenvalue weighted by molar-refractivity contribution is -0.131. The molecule has 0 bridgehead atoms. The lowest BCUT2D eigenvalue weighted by atomic mass is 10.2. The highest BCUT2D eigenvalue weighted by atomic mass is 79.9. The fraction of sp³-hybridized carbons (Fsp3) is 0.412. The van der Waals surface area contributed by atoms with E-state index in [0.717, 1.165) is 42.1 Å². The van der Waals surface area contributed by atoms with E-state index >= 15 is 0 Å². The summed E-state index contributed by atoms with van der Waals surface area (Å²) in [5, 5.41) is 4.18. The Bertz CT molecular complexity index is 695. The van der Waals surface area contributed by atoms with Gasteiger partial charge in [0, 0.05) is 45.3 Å². The lowest BCUT2D eigenvalue weighted by Crippen LogP contribution is -2.49. The molecule has 1 fully saturated rings. The van der Waals surface area contributed by atoms with Crippen LogP contribution in [0.5, 0.6) is 5.75 Å². The van der Waals surface area contributed by atoms with Gasteiger partial charge >= 0.3 is 0 Å². The molecule has 1 amide bonds. The summed E-state index contributed by atoms with van der Waals surface area (Å²) in [5.41, 5.74) is 1.09. The third-order valence-corrected chi connectivity index (χ3v) is 4.62. The first-order valence-electron chi connectivity index (χ1n) is 8.01. The van der Waals surface area contributed by atoms with E-state index in [2.05, 4.69) is 32.0 Å². The number of amides is 1. The number of piperazine rings is 1. The number of aryl methyl sites for hydroxylation is 1. The smallest absolute Gasteiger partial charge is 0.224 e. The van der Waals surface area contributed by atoms with Gasteiger partial charge in [0.2, 0.25) is 5.91 Å². The standard InChI is InChI=1S/C17H21BrN4O2/c1-24-16-5-3-2-4-15(16)20-8-10-21(11-9-20)17(23)6-7-22-13-14(18)12-19-22/h2-5,12-13H,6-11H2,1H3. The fourth-order valence-electron chi connectivity index (χ4n) is 2.92. The molecular formula is C17H21BrN4O2. The number of ether oxygens (including phenoxy) is 1. The number of para-hydroxylation sites is 2. The van der Waals surface area contributed by atoms with Crippen molar-refractivity contribution in [2.75, 3.05) is 38.2 Å². The van der Waals surface area contributed by atoms with Gasteiger partial charge in [-0.05, 0) is 28.1 Å². The number of rotatable bonds is 5. The first kappa shape index (κ1) is 16.8. The molecular weight excluding hydrogens is 372 g/mol. The Hall–Kier alpha value is -2.02. The summed E-state index contributed by atoms with van der Waals surface area (Å²) in [6, 6.07) is 8.01. The molecule has 2 heterocycles. The van der Waals surface area contributed by atoms with Crippen LogP contribution in [0.4, 0.5) is 5.69 Å². The molecule has 1 aliphatic rings. The van der Waals surface area contributed by atoms with Crippen molar-refractivity contribution >= 4 is 27.5 Å². The topological polar surface area (TPSA) is 50.6 Å². The quantitative estimate of drug-likeness (QED) is 0.783. The van der Waals surface area contributed by atoms with Crippen molar-refractivity contribution < 1.29 is 9.53 Å². The number of aromatic nitrogens is 2. The highest BCUT2D eigenvalue weighted by Crippen LogP contribution is 2.28. The van der Waals surface area contributed by atoms with Gasteiger partial charge in [-0.2, -0.15) is 5.10 Å². The zero-order chi connectivity index (χ0) is 16.9. The Kier molecular flexibility index (Phi) is 5.40. The first-order chi connectivity index (χ1) is 11.7. The van der Waals surface area contributed by atoms with Gasteiger partial charge in [-0.1, -0.05) is 12.1 Å². The maximum absolute atomic E-state index is 12.4. The minimum atomic E-state index is 0.182. The van der Waals surface area contributed by atoms with Crippen molar-refractivity contribution in [3.63, 3.8) is 0 Å². The third-order valence-electron chi connectivity index (χ3n) is 4.21. The van der Waals surface area contributed by atoms with Crippen molar-refractivity contribution in [2.45, 2.75) is 13.0 Å². The Morgan fingerprint density at radius 2 is 2.00 bits per heavy atom. The van der Waals surface area contributed by atoms with Crippen molar-refractivity contribution in [1.29, 1.82) is 0 Å². The van der Waals surface area contributed by atoms with Crippen LogP contribution in [0.3, 0.4) is 0 Å². The van der Waals surface area contributed by atoms with E-state index in [-0.39, 0.29) is 5.91 Å². The van der Waals surface area contributed by atoms with E-state index < -0.39 is 0 Å². The number of carbonyl (C=O) groups excluding carboxylic acids is 1. The predicted octanol–water partition coefficient (Wildman–Crippen LogP) is 2.39. The average Bonchev–Trinajstić information content (AvgIpc) is 3.05. The fourth-order valence-corrected chi connectivity index (χ4v) is 3.24. The molecule has 6 nitrogen and oxygen atoms in total. The number of methoxy groups -OCH3 is 1. The number of carbonyl (C=O) groups is 1. The van der Waals surface area contributed by atoms with Crippen molar-refractivity contribution in [3.8, 4) is 5.75 Å². The Labute approximate surface area is 150 Å². The maximum atomic E-state index is 12.4. The Morgan fingerprint density at radius 1 is 1.25 bits per heavy atom. The van der Waals surface area contributed by atoms with Gasteiger partial charge < -0.3 is 14.5 Å². The largest absolute Gasteiger partial charge is 0.495 e. The monoisotopic (exact) mass is 392 g/mol. The summed E-state index contributed by atoms with van der Waals surface area (Å²) in [4.78, 5) is 16.6. The Morgan fingerprint density at radius 3 is 2.67 bits per heavy atom. The zero-order valence-electron chi connectivity index (χ0n) is 13.7. The maximum Gasteiger partial charge on any atom is 0.224 e. The summed E-state index contributed by atoms with van der Waals surface area (Å²) in [6.07, 6.45) is 4.09. The molecule has 0 spiro atoms. The third kappa shape index (κ3) is 3.90. The van der Waals surface area contributed by atoms with E-state index in [4.69, 9.17) is 4.74 Å². The summed E-state index contributed by atoms with van der Waals surface area (Å²) >= 11 is 3.36. The van der Waals surface area contributed by atoms with E-state index in [9.17, 15) is 4.79 Å². The number of halogens is 1. The van der Waals surface area contributed by atoms with Gasteiger partial charge in [-0.25, -0.2) is 0 Å². The SMILES string of the molecule is COc1ccccc1N1CCN(C(=O)CCn2cc(Br)cn2)CC1. The minimum absolute atomic E-state index is 0.182. The Balaban J connectivity index is 1.52. The second kappa shape index (κ2) is 7.70. The molecule has 7 heteroatoms. The molecule has 1 aromatic carbocycles. The molecule has 128 valence electrons. The number of anilines is 1. The van der Waals surface area contributed by atoms with Gasteiger partial charge in [-0.3, -0.25) is 9.48 Å². The average molecular weight is 393 g/mol. The highest BCUT2D eigenvalue weighted by Gasteiger charge is 2.22. The zero-order valence-corrected chi connectivity index (χ0v) is 15.3. The van der Waals surface area contributed by atoms with Crippen molar-refractivity contribution in [2.24, 2.45) is 0 Å². The van der Waals surface area contributed by atoms with E-state index in [1.807, 2.05) is 29.3 Å². The molecule has 24 heavy (non-hydrogen) atoms. The second-order valence-electron chi connectivity index (χ2n) is 5.71. The number of hydrogen-bond donors (Lipinski definition) is 0. The number of nitrogens with zero attached hydrogens (tertiary/aromatic N) is 4. The van der Waals surface area contributed by atoms with Crippen LogP contribution in [-0.4, -0.2) is 53.9 Å². The van der Waals surface area contributed by atoms with Gasteiger partial charge in [0.25, 0.3) is 0 Å². The molecule has 0 atom stereocenters. The molecule has 0 N–H and O–H groups in total.